The third-order valence-electron chi connectivity index (χ3n) is 1.58. The first kappa shape index (κ1) is 13.1. The average Bonchev–Trinajstić information content (AvgIpc) is 2.02. The number of rotatable bonds is 5. The first-order valence-electron chi connectivity index (χ1n) is 4.25. The molecule has 0 aliphatic rings. The van der Waals surface area contributed by atoms with Crippen molar-refractivity contribution < 1.29 is 17.8 Å². The van der Waals surface area contributed by atoms with Crippen LogP contribution in [0.1, 0.15) is 26.7 Å². The van der Waals surface area contributed by atoms with E-state index in [4.69, 9.17) is 4.55 Å². The molecule has 0 heterocycles. The molecule has 0 saturated carbocycles. The van der Waals surface area contributed by atoms with Crippen molar-refractivity contribution in [3.8, 4) is 0 Å². The van der Waals surface area contributed by atoms with E-state index in [1.807, 2.05) is 6.92 Å². The SMILES string of the molecule is C=C(C)C(=O)N(CCCC)S(=O)(=O)O. The van der Waals surface area contributed by atoms with E-state index in [2.05, 4.69) is 6.58 Å². The third kappa shape index (κ3) is 3.89. The molecule has 1 N–H and O–H groups in total. The Hall–Kier alpha value is -0.880. The third-order valence-corrected chi connectivity index (χ3v) is 2.49. The highest BCUT2D eigenvalue weighted by atomic mass is 32.2. The largest absolute Gasteiger partial charge is 0.362 e. The van der Waals surface area contributed by atoms with Crippen molar-refractivity contribution in [2.75, 3.05) is 6.54 Å². The number of amides is 1. The Morgan fingerprint density at radius 3 is 2.29 bits per heavy atom. The monoisotopic (exact) mass is 221 g/mol. The molecule has 82 valence electrons. The lowest BCUT2D eigenvalue weighted by Crippen LogP contribution is -2.37. The summed E-state index contributed by atoms with van der Waals surface area (Å²) in [5, 5.41) is 0. The average molecular weight is 221 g/mol. The first-order chi connectivity index (χ1) is 6.30. The van der Waals surface area contributed by atoms with E-state index in [9.17, 15) is 13.2 Å². The predicted molar refractivity (Wildman–Crippen MR) is 53.0 cm³/mol. The minimum Gasteiger partial charge on any atom is -0.269 e. The van der Waals surface area contributed by atoms with Gasteiger partial charge in [0.25, 0.3) is 5.91 Å². The predicted octanol–water partition coefficient (Wildman–Crippen LogP) is 0.994. The number of carbonyl (C=O) groups is 1. The van der Waals surface area contributed by atoms with Gasteiger partial charge in [-0.15, -0.1) is 0 Å². The molecule has 0 spiro atoms. The van der Waals surface area contributed by atoms with Gasteiger partial charge in [-0.05, 0) is 13.3 Å². The van der Waals surface area contributed by atoms with E-state index in [0.717, 1.165) is 6.42 Å². The molecule has 0 aliphatic heterocycles. The lowest BCUT2D eigenvalue weighted by atomic mass is 10.3. The molecule has 0 atom stereocenters. The molecule has 0 aromatic heterocycles. The van der Waals surface area contributed by atoms with Crippen LogP contribution in [0, 0.1) is 0 Å². The zero-order valence-corrected chi connectivity index (χ0v) is 9.17. The summed E-state index contributed by atoms with van der Waals surface area (Å²) in [6.45, 7) is 6.57. The van der Waals surface area contributed by atoms with Crippen LogP contribution in [0.15, 0.2) is 12.2 Å². The quantitative estimate of drug-likeness (QED) is 0.555. The second-order valence-corrected chi connectivity index (χ2v) is 4.33. The van der Waals surface area contributed by atoms with E-state index in [0.29, 0.717) is 10.7 Å². The fraction of sp³-hybridized carbons (Fsp3) is 0.625. The summed E-state index contributed by atoms with van der Waals surface area (Å²) in [6, 6.07) is 0. The van der Waals surface area contributed by atoms with Crippen LogP contribution in [0.25, 0.3) is 0 Å². The van der Waals surface area contributed by atoms with Gasteiger partial charge in [-0.3, -0.25) is 9.35 Å². The molecule has 5 nitrogen and oxygen atoms in total. The van der Waals surface area contributed by atoms with Crippen LogP contribution in [0.4, 0.5) is 0 Å². The van der Waals surface area contributed by atoms with Gasteiger partial charge in [0.1, 0.15) is 0 Å². The topological polar surface area (TPSA) is 74.7 Å². The highest BCUT2D eigenvalue weighted by molar-refractivity contribution is 7.84. The van der Waals surface area contributed by atoms with Gasteiger partial charge >= 0.3 is 10.3 Å². The lowest BCUT2D eigenvalue weighted by Gasteiger charge is -2.18. The Labute approximate surface area is 84.3 Å². The first-order valence-corrected chi connectivity index (χ1v) is 5.65. The van der Waals surface area contributed by atoms with Gasteiger partial charge in [0.05, 0.1) is 0 Å². The maximum atomic E-state index is 11.3. The number of hydrogen-bond donors (Lipinski definition) is 1. The Kier molecular flexibility index (Phi) is 4.79. The summed E-state index contributed by atoms with van der Waals surface area (Å²) in [6.07, 6.45) is 1.24. The van der Waals surface area contributed by atoms with Crippen molar-refractivity contribution in [1.82, 2.24) is 4.31 Å². The number of carbonyl (C=O) groups excluding carboxylic acids is 1. The van der Waals surface area contributed by atoms with Crippen molar-refractivity contribution in [2.45, 2.75) is 26.7 Å². The summed E-state index contributed by atoms with van der Waals surface area (Å²) in [7, 11) is -4.46. The zero-order chi connectivity index (χ0) is 11.4. The van der Waals surface area contributed by atoms with Crippen molar-refractivity contribution in [3.05, 3.63) is 12.2 Å². The number of nitrogens with zero attached hydrogens (tertiary/aromatic N) is 1. The molecule has 1 amide bonds. The van der Waals surface area contributed by atoms with Gasteiger partial charge in [0, 0.05) is 12.1 Å². The van der Waals surface area contributed by atoms with Gasteiger partial charge < -0.3 is 0 Å². The van der Waals surface area contributed by atoms with Crippen molar-refractivity contribution >= 4 is 16.2 Å². The van der Waals surface area contributed by atoms with Gasteiger partial charge in [-0.1, -0.05) is 19.9 Å². The van der Waals surface area contributed by atoms with E-state index in [1.165, 1.54) is 6.92 Å². The maximum absolute atomic E-state index is 11.3. The molecule has 0 rings (SSSR count). The number of hydrogen-bond acceptors (Lipinski definition) is 3. The van der Waals surface area contributed by atoms with Gasteiger partial charge in [-0.2, -0.15) is 8.42 Å². The Balaban J connectivity index is 4.74. The molecule has 0 aromatic rings. The standard InChI is InChI=1S/C8H15NO4S/c1-4-5-6-9(14(11,12)13)8(10)7(2)3/h2,4-6H2,1,3H3,(H,11,12,13). The zero-order valence-electron chi connectivity index (χ0n) is 8.36. The smallest absolute Gasteiger partial charge is 0.269 e. The van der Waals surface area contributed by atoms with Crippen LogP contribution in [0.5, 0.6) is 0 Å². The molecule has 0 saturated heterocycles. The highest BCUT2D eigenvalue weighted by Crippen LogP contribution is 2.06. The lowest BCUT2D eigenvalue weighted by molar-refractivity contribution is -0.122. The maximum Gasteiger partial charge on any atom is 0.362 e. The molecule has 0 unspecified atom stereocenters. The molecule has 0 fully saturated rings. The summed E-state index contributed by atoms with van der Waals surface area (Å²) in [4.78, 5) is 11.3. The molecule has 6 heteroatoms. The van der Waals surface area contributed by atoms with Crippen LogP contribution in [-0.4, -0.2) is 29.7 Å². The summed E-state index contributed by atoms with van der Waals surface area (Å²) < 4.78 is 30.8. The summed E-state index contributed by atoms with van der Waals surface area (Å²) >= 11 is 0. The fourth-order valence-corrected chi connectivity index (χ4v) is 1.56. The van der Waals surface area contributed by atoms with Gasteiger partial charge in [0.15, 0.2) is 0 Å². The van der Waals surface area contributed by atoms with E-state index in [-0.39, 0.29) is 12.1 Å². The number of unbranched alkanes of at least 4 members (excludes halogenated alkanes) is 1. The van der Waals surface area contributed by atoms with E-state index in [1.54, 1.807) is 0 Å². The van der Waals surface area contributed by atoms with Gasteiger partial charge in [-0.25, -0.2) is 4.31 Å². The Morgan fingerprint density at radius 2 is 2.00 bits per heavy atom. The Bertz CT molecular complexity index is 320. The van der Waals surface area contributed by atoms with Crippen LogP contribution in [0.3, 0.4) is 0 Å². The van der Waals surface area contributed by atoms with E-state index >= 15 is 0 Å². The van der Waals surface area contributed by atoms with E-state index < -0.39 is 16.2 Å². The second kappa shape index (κ2) is 5.11. The molecule has 14 heavy (non-hydrogen) atoms. The van der Waals surface area contributed by atoms with Crippen molar-refractivity contribution in [1.29, 1.82) is 0 Å². The van der Waals surface area contributed by atoms with Crippen LogP contribution < -0.4 is 0 Å². The van der Waals surface area contributed by atoms with Crippen molar-refractivity contribution in [3.63, 3.8) is 0 Å². The fourth-order valence-electron chi connectivity index (χ4n) is 0.836. The van der Waals surface area contributed by atoms with Crippen molar-refractivity contribution in [2.24, 2.45) is 0 Å². The molecule has 0 aromatic carbocycles. The minimum atomic E-state index is -4.46. The van der Waals surface area contributed by atoms with Gasteiger partial charge in [0.2, 0.25) is 0 Å². The van der Waals surface area contributed by atoms with Crippen LogP contribution in [-0.2, 0) is 15.1 Å². The molecule has 0 radical (unpaired) electrons. The molecular formula is C8H15NO4S. The molecular weight excluding hydrogens is 206 g/mol. The molecule has 0 bridgehead atoms. The normalized spacial score (nSPS) is 11.1. The highest BCUT2D eigenvalue weighted by Gasteiger charge is 2.24. The second-order valence-electron chi connectivity index (χ2n) is 2.99. The molecule has 0 aliphatic carbocycles. The summed E-state index contributed by atoms with van der Waals surface area (Å²) in [5.41, 5.74) is 0.0822. The summed E-state index contributed by atoms with van der Waals surface area (Å²) in [5.74, 6) is -0.763. The Morgan fingerprint density at radius 1 is 1.50 bits per heavy atom. The van der Waals surface area contributed by atoms with Crippen LogP contribution in [0.2, 0.25) is 0 Å². The van der Waals surface area contributed by atoms with Crippen LogP contribution >= 0.6 is 0 Å². The minimum absolute atomic E-state index is 0.0129.